The third-order valence-corrected chi connectivity index (χ3v) is 3.79. The number of carbonyl (C=O) groups excluding carboxylic acids is 1. The Hall–Kier alpha value is -2.27. The van der Waals surface area contributed by atoms with E-state index in [9.17, 15) is 9.90 Å². The van der Waals surface area contributed by atoms with E-state index in [1.807, 2.05) is 42.5 Å². The van der Waals surface area contributed by atoms with Crippen LogP contribution in [-0.4, -0.2) is 22.1 Å². The van der Waals surface area contributed by atoms with Crippen LogP contribution in [0.4, 0.5) is 5.69 Å². The molecule has 2 aromatic rings. The Labute approximate surface area is 117 Å². The molecule has 5 heteroatoms. The third kappa shape index (κ3) is 1.96. The van der Waals surface area contributed by atoms with E-state index in [2.05, 4.69) is 5.43 Å². The van der Waals surface area contributed by atoms with Gasteiger partial charge in [-0.15, -0.1) is 0 Å². The number of aliphatic hydroxyl groups excluding tert-OH is 1. The molecule has 1 fully saturated rings. The average Bonchev–Trinajstić information content (AvgIpc) is 3.09. The molecule has 20 heavy (non-hydrogen) atoms. The van der Waals surface area contributed by atoms with E-state index in [0.717, 1.165) is 5.69 Å². The zero-order valence-electron chi connectivity index (χ0n) is 11.2. The van der Waals surface area contributed by atoms with Crippen molar-refractivity contribution in [3.8, 4) is 0 Å². The minimum absolute atomic E-state index is 0.178. The highest BCUT2D eigenvalue weighted by molar-refractivity contribution is 5.88. The van der Waals surface area contributed by atoms with Gasteiger partial charge < -0.3 is 9.67 Å². The molecule has 1 aliphatic rings. The molecule has 104 valence electrons. The second-order valence-electron chi connectivity index (χ2n) is 5.28. The SMILES string of the molecule is CC1(C(O)n2cccc2)CN(c2ccccc2)NC1=O. The van der Waals surface area contributed by atoms with Crippen LogP contribution in [0.25, 0.3) is 0 Å². The summed E-state index contributed by atoms with van der Waals surface area (Å²) in [6.07, 6.45) is 2.62. The number of aromatic nitrogens is 1. The van der Waals surface area contributed by atoms with Gasteiger partial charge in [-0.25, -0.2) is 0 Å². The van der Waals surface area contributed by atoms with E-state index in [4.69, 9.17) is 0 Å². The molecule has 1 aromatic heterocycles. The lowest BCUT2D eigenvalue weighted by molar-refractivity contribution is -0.135. The summed E-state index contributed by atoms with van der Waals surface area (Å²) < 4.78 is 1.65. The highest BCUT2D eigenvalue weighted by Gasteiger charge is 2.48. The fourth-order valence-electron chi connectivity index (χ4n) is 2.49. The first-order valence-corrected chi connectivity index (χ1v) is 6.55. The van der Waals surface area contributed by atoms with Crippen molar-refractivity contribution in [2.75, 3.05) is 11.6 Å². The fraction of sp³-hybridized carbons (Fsp3) is 0.267. The number of para-hydroxylation sites is 1. The Kier molecular flexibility index (Phi) is 2.99. The monoisotopic (exact) mass is 271 g/mol. The quantitative estimate of drug-likeness (QED) is 0.890. The Morgan fingerprint density at radius 1 is 1.20 bits per heavy atom. The Morgan fingerprint density at radius 3 is 2.50 bits per heavy atom. The van der Waals surface area contributed by atoms with Crippen molar-refractivity contribution in [1.29, 1.82) is 0 Å². The molecule has 0 bridgehead atoms. The average molecular weight is 271 g/mol. The van der Waals surface area contributed by atoms with Crippen molar-refractivity contribution in [2.24, 2.45) is 5.41 Å². The minimum atomic E-state index is -0.897. The first-order chi connectivity index (χ1) is 9.61. The maximum absolute atomic E-state index is 12.3. The second kappa shape index (κ2) is 4.68. The van der Waals surface area contributed by atoms with E-state index in [1.165, 1.54) is 0 Å². The lowest BCUT2D eigenvalue weighted by Crippen LogP contribution is -2.38. The van der Waals surface area contributed by atoms with Crippen LogP contribution in [0.15, 0.2) is 54.9 Å². The van der Waals surface area contributed by atoms with Gasteiger partial charge in [-0.3, -0.25) is 15.2 Å². The Bertz CT molecular complexity index is 597. The van der Waals surface area contributed by atoms with Crippen LogP contribution >= 0.6 is 0 Å². The molecular weight excluding hydrogens is 254 g/mol. The number of aliphatic hydroxyl groups is 1. The van der Waals surface area contributed by atoms with Crippen LogP contribution < -0.4 is 10.4 Å². The van der Waals surface area contributed by atoms with Gasteiger partial charge in [0, 0.05) is 12.4 Å². The zero-order chi connectivity index (χ0) is 14.2. The molecule has 1 aliphatic heterocycles. The standard InChI is InChI=1S/C15H17N3O2/c1-15(14(20)17-9-5-6-10-17)11-18(16-13(15)19)12-7-3-2-4-8-12/h2-10,14,20H,11H2,1H3,(H,16,19). The number of carbonyl (C=O) groups is 1. The van der Waals surface area contributed by atoms with Gasteiger partial charge in [0.2, 0.25) is 0 Å². The molecule has 2 heterocycles. The Morgan fingerprint density at radius 2 is 1.85 bits per heavy atom. The minimum Gasteiger partial charge on any atom is -0.372 e. The predicted molar refractivity (Wildman–Crippen MR) is 75.7 cm³/mol. The van der Waals surface area contributed by atoms with Crippen LogP contribution in [0.1, 0.15) is 13.2 Å². The van der Waals surface area contributed by atoms with Crippen molar-refractivity contribution in [2.45, 2.75) is 13.2 Å². The molecule has 1 amide bonds. The number of hydrazine groups is 1. The number of anilines is 1. The van der Waals surface area contributed by atoms with E-state index in [1.54, 1.807) is 28.9 Å². The van der Waals surface area contributed by atoms with Crippen molar-refractivity contribution >= 4 is 11.6 Å². The van der Waals surface area contributed by atoms with Gasteiger partial charge in [-0.05, 0) is 31.2 Å². The largest absolute Gasteiger partial charge is 0.372 e. The molecular formula is C15H17N3O2. The normalized spacial score (nSPS) is 23.7. The molecule has 2 unspecified atom stereocenters. The van der Waals surface area contributed by atoms with Crippen molar-refractivity contribution in [3.63, 3.8) is 0 Å². The summed E-state index contributed by atoms with van der Waals surface area (Å²) in [6.45, 7) is 2.19. The maximum atomic E-state index is 12.3. The summed E-state index contributed by atoms with van der Waals surface area (Å²) in [4.78, 5) is 12.3. The van der Waals surface area contributed by atoms with Crippen molar-refractivity contribution in [1.82, 2.24) is 9.99 Å². The van der Waals surface area contributed by atoms with Crippen LogP contribution in [0, 0.1) is 5.41 Å². The second-order valence-corrected chi connectivity index (χ2v) is 5.28. The van der Waals surface area contributed by atoms with Gasteiger partial charge >= 0.3 is 0 Å². The summed E-state index contributed by atoms with van der Waals surface area (Å²) in [6, 6.07) is 13.3. The van der Waals surface area contributed by atoms with Crippen LogP contribution in [0.5, 0.6) is 0 Å². The molecule has 0 saturated carbocycles. The predicted octanol–water partition coefficient (Wildman–Crippen LogP) is 1.54. The number of hydrogen-bond donors (Lipinski definition) is 2. The first-order valence-electron chi connectivity index (χ1n) is 6.55. The van der Waals surface area contributed by atoms with Gasteiger partial charge in [0.1, 0.15) is 11.6 Å². The van der Waals surface area contributed by atoms with Gasteiger partial charge in [-0.1, -0.05) is 18.2 Å². The highest BCUT2D eigenvalue weighted by atomic mass is 16.3. The number of hydrogen-bond acceptors (Lipinski definition) is 3. The van der Waals surface area contributed by atoms with Crippen LogP contribution in [0.2, 0.25) is 0 Å². The molecule has 2 atom stereocenters. The zero-order valence-corrected chi connectivity index (χ0v) is 11.2. The molecule has 0 radical (unpaired) electrons. The number of amides is 1. The smallest absolute Gasteiger partial charge is 0.250 e. The molecule has 0 spiro atoms. The molecule has 1 aromatic carbocycles. The molecule has 5 nitrogen and oxygen atoms in total. The molecule has 3 rings (SSSR count). The van der Waals surface area contributed by atoms with Crippen LogP contribution in [-0.2, 0) is 4.79 Å². The van der Waals surface area contributed by atoms with Gasteiger partial charge in [0.25, 0.3) is 5.91 Å². The lowest BCUT2D eigenvalue weighted by atomic mass is 9.88. The van der Waals surface area contributed by atoms with Gasteiger partial charge in [-0.2, -0.15) is 0 Å². The number of nitrogens with zero attached hydrogens (tertiary/aromatic N) is 2. The number of nitrogens with one attached hydrogen (secondary N) is 1. The van der Waals surface area contributed by atoms with Gasteiger partial charge in [0.05, 0.1) is 12.2 Å². The molecule has 1 saturated heterocycles. The maximum Gasteiger partial charge on any atom is 0.250 e. The van der Waals surface area contributed by atoms with Crippen molar-refractivity contribution in [3.05, 3.63) is 54.9 Å². The Balaban J connectivity index is 1.86. The van der Waals surface area contributed by atoms with Gasteiger partial charge in [0.15, 0.2) is 0 Å². The van der Waals surface area contributed by atoms with Crippen molar-refractivity contribution < 1.29 is 9.90 Å². The van der Waals surface area contributed by atoms with Crippen LogP contribution in [0.3, 0.4) is 0 Å². The third-order valence-electron chi connectivity index (χ3n) is 3.79. The topological polar surface area (TPSA) is 57.5 Å². The lowest BCUT2D eigenvalue weighted by Gasteiger charge is -2.28. The molecule has 2 N–H and O–H groups in total. The summed E-state index contributed by atoms with van der Waals surface area (Å²) in [7, 11) is 0. The summed E-state index contributed by atoms with van der Waals surface area (Å²) in [5.41, 5.74) is 2.84. The number of benzene rings is 1. The highest BCUT2D eigenvalue weighted by Crippen LogP contribution is 2.36. The fourth-order valence-corrected chi connectivity index (χ4v) is 2.49. The van der Waals surface area contributed by atoms with E-state index in [-0.39, 0.29) is 5.91 Å². The summed E-state index contributed by atoms with van der Waals surface area (Å²) >= 11 is 0. The summed E-state index contributed by atoms with van der Waals surface area (Å²) in [5.74, 6) is -0.178. The van der Waals surface area contributed by atoms with E-state index in [0.29, 0.717) is 6.54 Å². The first kappa shape index (κ1) is 12.7. The van der Waals surface area contributed by atoms with E-state index < -0.39 is 11.6 Å². The molecule has 0 aliphatic carbocycles. The summed E-state index contributed by atoms with van der Waals surface area (Å²) in [5, 5.41) is 12.3. The number of rotatable bonds is 3. The van der Waals surface area contributed by atoms with E-state index >= 15 is 0 Å².